The molecule has 3 rings (SSSR count). The van der Waals surface area contributed by atoms with Gasteiger partial charge in [-0.2, -0.15) is 5.26 Å². The minimum Gasteiger partial charge on any atom is -0.490 e. The van der Waals surface area contributed by atoms with Gasteiger partial charge in [0.1, 0.15) is 30.3 Å². The van der Waals surface area contributed by atoms with E-state index in [-0.39, 0.29) is 38.5 Å². The van der Waals surface area contributed by atoms with E-state index in [1.165, 1.54) is 4.90 Å². The smallest absolute Gasteiger partial charge is 0.224 e. The number of hydrogen-bond donors (Lipinski definition) is 1. The summed E-state index contributed by atoms with van der Waals surface area (Å²) in [5, 5.41) is 20.4. The van der Waals surface area contributed by atoms with Crippen molar-refractivity contribution in [1.29, 1.82) is 5.26 Å². The van der Waals surface area contributed by atoms with Gasteiger partial charge in [0.05, 0.1) is 24.8 Å². The van der Waals surface area contributed by atoms with Crippen LogP contribution in [0.25, 0.3) is 10.8 Å². The number of halogens is 1. The fraction of sp³-hybridized carbons (Fsp3) is 0.389. The van der Waals surface area contributed by atoms with Gasteiger partial charge in [-0.05, 0) is 30.0 Å². The number of benzene rings is 1. The fourth-order valence-corrected chi connectivity index (χ4v) is 3.13. The van der Waals surface area contributed by atoms with E-state index in [1.807, 2.05) is 0 Å². The van der Waals surface area contributed by atoms with E-state index in [1.54, 1.807) is 24.4 Å². The zero-order valence-electron chi connectivity index (χ0n) is 14.0. The third-order valence-electron chi connectivity index (χ3n) is 4.32. The standard InChI is InChI=1S/C18H18ClN3O4/c19-18-15-8-16(13(9-20)7-12(15)3-4-21-18)26-6-5-25-11-22-14(10-23)1-2-17(22)24/h3-4,7-8,14,23H,1-2,5-6,10-11H2. The van der Waals surface area contributed by atoms with Gasteiger partial charge in [-0.1, -0.05) is 11.6 Å². The molecule has 2 heterocycles. The summed E-state index contributed by atoms with van der Waals surface area (Å²) in [5.74, 6) is 0.386. The molecule has 2 aromatic rings. The van der Waals surface area contributed by atoms with Gasteiger partial charge in [0.25, 0.3) is 0 Å². The molecule has 0 aliphatic carbocycles. The first-order valence-electron chi connectivity index (χ1n) is 8.23. The van der Waals surface area contributed by atoms with Gasteiger partial charge in [0.2, 0.25) is 5.91 Å². The van der Waals surface area contributed by atoms with Crippen LogP contribution in [0.15, 0.2) is 24.4 Å². The highest BCUT2D eigenvalue weighted by atomic mass is 35.5. The van der Waals surface area contributed by atoms with Crippen LogP contribution in [0, 0.1) is 11.3 Å². The largest absolute Gasteiger partial charge is 0.490 e. The Bertz CT molecular complexity index is 852. The maximum absolute atomic E-state index is 11.7. The Morgan fingerprint density at radius 2 is 2.27 bits per heavy atom. The molecule has 0 bridgehead atoms. The third kappa shape index (κ3) is 3.88. The van der Waals surface area contributed by atoms with Gasteiger partial charge in [-0.3, -0.25) is 4.79 Å². The van der Waals surface area contributed by atoms with Gasteiger partial charge in [-0.15, -0.1) is 0 Å². The quantitative estimate of drug-likeness (QED) is 0.588. The molecule has 1 aromatic carbocycles. The minimum absolute atomic E-state index is 0.0200. The number of rotatable bonds is 7. The average Bonchev–Trinajstić information content (AvgIpc) is 3.01. The van der Waals surface area contributed by atoms with Crippen molar-refractivity contribution in [2.45, 2.75) is 18.9 Å². The van der Waals surface area contributed by atoms with Crippen LogP contribution in [0.1, 0.15) is 18.4 Å². The number of aliphatic hydroxyl groups excluding tert-OH is 1. The van der Waals surface area contributed by atoms with Crippen molar-refractivity contribution in [3.63, 3.8) is 0 Å². The molecule has 7 nitrogen and oxygen atoms in total. The summed E-state index contributed by atoms with van der Waals surface area (Å²) in [6, 6.07) is 7.09. The lowest BCUT2D eigenvalue weighted by Crippen LogP contribution is -2.37. The second-order valence-corrected chi connectivity index (χ2v) is 6.27. The predicted octanol–water partition coefficient (Wildman–Crippen LogP) is 2.10. The first-order chi connectivity index (χ1) is 12.6. The Hall–Kier alpha value is -2.40. The maximum Gasteiger partial charge on any atom is 0.224 e. The molecule has 1 N–H and O–H groups in total. The van der Waals surface area contributed by atoms with E-state index < -0.39 is 0 Å². The Labute approximate surface area is 155 Å². The summed E-state index contributed by atoms with van der Waals surface area (Å²) < 4.78 is 11.1. The fourth-order valence-electron chi connectivity index (χ4n) is 2.91. The molecule has 1 unspecified atom stereocenters. The van der Waals surface area contributed by atoms with Gasteiger partial charge >= 0.3 is 0 Å². The van der Waals surface area contributed by atoms with Crippen molar-refractivity contribution in [1.82, 2.24) is 9.88 Å². The molecule has 1 fully saturated rings. The molecule has 1 aliphatic rings. The van der Waals surface area contributed by atoms with Gasteiger partial charge in [0, 0.05) is 18.0 Å². The highest BCUT2D eigenvalue weighted by Gasteiger charge is 2.30. The van der Waals surface area contributed by atoms with Crippen LogP contribution < -0.4 is 4.74 Å². The number of nitrogens with zero attached hydrogens (tertiary/aromatic N) is 3. The van der Waals surface area contributed by atoms with Gasteiger partial charge in [-0.25, -0.2) is 4.98 Å². The monoisotopic (exact) mass is 375 g/mol. The Kier molecular flexibility index (Phi) is 5.89. The molecule has 1 aliphatic heterocycles. The van der Waals surface area contributed by atoms with Crippen molar-refractivity contribution in [3.8, 4) is 11.8 Å². The number of fused-ring (bicyclic) bond motifs is 1. The molecule has 1 saturated heterocycles. The van der Waals surface area contributed by atoms with E-state index in [0.717, 1.165) is 5.39 Å². The van der Waals surface area contributed by atoms with Crippen molar-refractivity contribution in [3.05, 3.63) is 35.1 Å². The van der Waals surface area contributed by atoms with Crippen molar-refractivity contribution >= 4 is 28.3 Å². The van der Waals surface area contributed by atoms with Crippen LogP contribution in [0.3, 0.4) is 0 Å². The summed E-state index contributed by atoms with van der Waals surface area (Å²) in [6.45, 7) is 0.504. The lowest BCUT2D eigenvalue weighted by atomic mass is 10.1. The molecule has 1 aromatic heterocycles. The van der Waals surface area contributed by atoms with Gasteiger partial charge < -0.3 is 19.5 Å². The normalized spacial score (nSPS) is 16.9. The maximum atomic E-state index is 11.7. The number of amides is 1. The van der Waals surface area contributed by atoms with E-state index in [4.69, 9.17) is 21.1 Å². The topological polar surface area (TPSA) is 95.7 Å². The van der Waals surface area contributed by atoms with Crippen LogP contribution in [0.5, 0.6) is 5.75 Å². The zero-order valence-corrected chi connectivity index (χ0v) is 14.8. The molecule has 0 spiro atoms. The number of aromatic nitrogens is 1. The number of aliphatic hydroxyl groups is 1. The number of ether oxygens (including phenoxy) is 2. The lowest BCUT2D eigenvalue weighted by Gasteiger charge is -2.22. The van der Waals surface area contributed by atoms with E-state index in [0.29, 0.717) is 34.7 Å². The molecular formula is C18H18ClN3O4. The number of nitriles is 1. The van der Waals surface area contributed by atoms with Crippen LogP contribution in [0.4, 0.5) is 0 Å². The van der Waals surface area contributed by atoms with Crippen molar-refractivity contribution in [2.75, 3.05) is 26.6 Å². The van der Waals surface area contributed by atoms with Crippen LogP contribution in [-0.2, 0) is 9.53 Å². The van der Waals surface area contributed by atoms with Crippen LogP contribution in [-0.4, -0.2) is 53.5 Å². The van der Waals surface area contributed by atoms with E-state index in [9.17, 15) is 15.2 Å². The summed E-state index contributed by atoms with van der Waals surface area (Å²) in [4.78, 5) is 17.3. The third-order valence-corrected chi connectivity index (χ3v) is 4.62. The second kappa shape index (κ2) is 8.32. The molecule has 0 saturated carbocycles. The summed E-state index contributed by atoms with van der Waals surface area (Å²) in [7, 11) is 0. The van der Waals surface area contributed by atoms with Crippen molar-refractivity contribution in [2.24, 2.45) is 0 Å². The second-order valence-electron chi connectivity index (χ2n) is 5.91. The van der Waals surface area contributed by atoms with E-state index in [2.05, 4.69) is 11.1 Å². The highest BCUT2D eigenvalue weighted by Crippen LogP contribution is 2.29. The molecule has 0 radical (unpaired) electrons. The molecule has 8 heteroatoms. The summed E-state index contributed by atoms with van der Waals surface area (Å²) >= 11 is 6.09. The highest BCUT2D eigenvalue weighted by molar-refractivity contribution is 6.34. The predicted molar refractivity (Wildman–Crippen MR) is 94.7 cm³/mol. The SMILES string of the molecule is N#Cc1cc2ccnc(Cl)c2cc1OCCOCN1C(=O)CCC1CO. The number of pyridine rings is 1. The molecular weight excluding hydrogens is 358 g/mol. The average molecular weight is 376 g/mol. The zero-order chi connectivity index (χ0) is 18.5. The van der Waals surface area contributed by atoms with E-state index >= 15 is 0 Å². The Morgan fingerprint density at radius 1 is 1.42 bits per heavy atom. The molecule has 1 atom stereocenters. The lowest BCUT2D eigenvalue weighted by molar-refractivity contribution is -0.135. The minimum atomic E-state index is -0.177. The van der Waals surface area contributed by atoms with Gasteiger partial charge in [0.15, 0.2) is 0 Å². The molecule has 136 valence electrons. The van der Waals surface area contributed by atoms with Crippen LogP contribution >= 0.6 is 11.6 Å². The summed E-state index contributed by atoms with van der Waals surface area (Å²) in [6.07, 6.45) is 2.66. The van der Waals surface area contributed by atoms with Crippen LogP contribution in [0.2, 0.25) is 5.15 Å². The molecule has 1 amide bonds. The number of carbonyl (C=O) groups excluding carboxylic acids is 1. The summed E-state index contributed by atoms with van der Waals surface area (Å²) in [5.41, 5.74) is 0.398. The molecule has 26 heavy (non-hydrogen) atoms. The van der Waals surface area contributed by atoms with Crippen molar-refractivity contribution < 1.29 is 19.4 Å². The Balaban J connectivity index is 1.57. The first kappa shape index (κ1) is 18.4. The number of carbonyl (C=O) groups is 1. The number of likely N-dealkylation sites (tertiary alicyclic amines) is 1. The number of hydrogen-bond acceptors (Lipinski definition) is 6. The Morgan fingerprint density at radius 3 is 3.04 bits per heavy atom. The first-order valence-corrected chi connectivity index (χ1v) is 8.61.